The molecule has 2 aromatic heterocycles. The van der Waals surface area contributed by atoms with Gasteiger partial charge in [0.2, 0.25) is 0 Å². The van der Waals surface area contributed by atoms with Gasteiger partial charge in [-0.2, -0.15) is 0 Å². The maximum Gasteiger partial charge on any atom is 0.176 e. The van der Waals surface area contributed by atoms with E-state index < -0.39 is 0 Å². The number of aromatic amines is 1. The topological polar surface area (TPSA) is 33.6 Å². The van der Waals surface area contributed by atoms with E-state index in [9.17, 15) is 0 Å². The zero-order chi connectivity index (χ0) is 11.2. The van der Waals surface area contributed by atoms with Crippen LogP contribution in [0.15, 0.2) is 41.8 Å². The number of hydrogen-bond acceptors (Lipinski definition) is 2. The van der Waals surface area contributed by atoms with Gasteiger partial charge in [-0.3, -0.25) is 4.57 Å². The van der Waals surface area contributed by atoms with E-state index in [4.69, 9.17) is 0 Å². The lowest BCUT2D eigenvalue weighted by Gasteiger charge is -1.94. The number of fused-ring (bicyclic) bond motifs is 4. The Kier molecular flexibility index (Phi) is 1.76. The number of thioether (sulfide) groups is 1. The van der Waals surface area contributed by atoms with E-state index in [0.717, 1.165) is 10.5 Å². The molecule has 0 fully saturated rings. The maximum absolute atomic E-state index is 4.31. The van der Waals surface area contributed by atoms with E-state index in [2.05, 4.69) is 39.8 Å². The molecular weight excluding hydrogens is 230 g/mol. The first-order valence-electron chi connectivity index (χ1n) is 5.40. The van der Waals surface area contributed by atoms with Crippen LogP contribution < -0.4 is 10.6 Å². The fourth-order valence-electron chi connectivity index (χ4n) is 2.15. The van der Waals surface area contributed by atoms with Crippen LogP contribution in [0.25, 0.3) is 22.5 Å². The standard InChI is InChI=1S/C13H9N3S/c1-2-4-11-9(3-1)10-8-17-13-14-5-6-16(13)7-12(10)15-11/h1-8,15H. The van der Waals surface area contributed by atoms with E-state index >= 15 is 0 Å². The van der Waals surface area contributed by atoms with Gasteiger partial charge >= 0.3 is 0 Å². The monoisotopic (exact) mass is 239 g/mol. The van der Waals surface area contributed by atoms with Crippen LogP contribution in [0.1, 0.15) is 0 Å². The third-order valence-electron chi connectivity index (χ3n) is 2.96. The van der Waals surface area contributed by atoms with Gasteiger partial charge in [0.1, 0.15) is 0 Å². The van der Waals surface area contributed by atoms with Gasteiger partial charge in [-0.15, -0.1) is 0 Å². The Morgan fingerprint density at radius 1 is 1.24 bits per heavy atom. The lowest BCUT2D eigenvalue weighted by molar-refractivity contribution is 0.941. The molecule has 4 heteroatoms. The first-order valence-corrected chi connectivity index (χ1v) is 6.28. The Hall–Kier alpha value is -1.94. The quantitative estimate of drug-likeness (QED) is 0.645. The maximum atomic E-state index is 4.31. The highest BCUT2D eigenvalue weighted by Gasteiger charge is 2.06. The SMILES string of the molecule is C1=c2[nH]c3ccccc3c2=CSc2nccn21. The van der Waals surface area contributed by atoms with Gasteiger partial charge < -0.3 is 4.98 Å². The number of imidazole rings is 1. The molecular formula is C13H9N3S. The minimum absolute atomic E-state index is 0.999. The van der Waals surface area contributed by atoms with Gasteiger partial charge in [-0.1, -0.05) is 30.0 Å². The first kappa shape index (κ1) is 9.13. The molecule has 1 N–H and O–H groups in total. The van der Waals surface area contributed by atoms with Crippen molar-refractivity contribution in [2.45, 2.75) is 5.16 Å². The van der Waals surface area contributed by atoms with Crippen LogP contribution in [0.4, 0.5) is 0 Å². The summed E-state index contributed by atoms with van der Waals surface area (Å²) in [4.78, 5) is 7.75. The number of benzene rings is 1. The largest absolute Gasteiger partial charge is 0.353 e. The number of hydrogen-bond donors (Lipinski definition) is 1. The molecule has 82 valence electrons. The average Bonchev–Trinajstić information content (AvgIpc) is 2.89. The van der Waals surface area contributed by atoms with E-state index in [-0.39, 0.29) is 0 Å². The molecule has 3 nitrogen and oxygen atoms in total. The van der Waals surface area contributed by atoms with E-state index in [1.807, 2.05) is 23.0 Å². The number of nitrogens with zero attached hydrogens (tertiary/aromatic N) is 2. The minimum Gasteiger partial charge on any atom is -0.353 e. The fourth-order valence-corrected chi connectivity index (χ4v) is 2.99. The molecule has 0 aliphatic carbocycles. The van der Waals surface area contributed by atoms with Crippen molar-refractivity contribution in [3.05, 3.63) is 47.2 Å². The smallest absolute Gasteiger partial charge is 0.176 e. The normalized spacial score (nSPS) is 13.4. The van der Waals surface area contributed by atoms with Crippen molar-refractivity contribution < 1.29 is 0 Å². The van der Waals surface area contributed by atoms with Gasteiger partial charge in [-0.25, -0.2) is 4.98 Å². The van der Waals surface area contributed by atoms with Crippen molar-refractivity contribution in [1.29, 1.82) is 0 Å². The number of H-pyrrole nitrogens is 1. The highest BCUT2D eigenvalue weighted by atomic mass is 32.2. The molecule has 0 spiro atoms. The van der Waals surface area contributed by atoms with Crippen LogP contribution in [0, 0.1) is 0 Å². The Labute approximate surface area is 101 Å². The van der Waals surface area contributed by atoms with Crippen molar-refractivity contribution in [2.75, 3.05) is 0 Å². The number of aromatic nitrogens is 3. The van der Waals surface area contributed by atoms with Crippen molar-refractivity contribution in [3.63, 3.8) is 0 Å². The summed E-state index contributed by atoms with van der Waals surface area (Å²) >= 11 is 1.65. The molecule has 0 atom stereocenters. The zero-order valence-electron chi connectivity index (χ0n) is 8.92. The third kappa shape index (κ3) is 1.27. The van der Waals surface area contributed by atoms with Gasteiger partial charge in [0.05, 0.1) is 5.35 Å². The molecule has 0 radical (unpaired) electrons. The summed E-state index contributed by atoms with van der Waals surface area (Å²) in [5.74, 6) is 0. The predicted octanol–water partition coefficient (Wildman–Crippen LogP) is 1.49. The molecule has 0 saturated heterocycles. The van der Waals surface area contributed by atoms with E-state index in [0.29, 0.717) is 0 Å². The highest BCUT2D eigenvalue weighted by molar-refractivity contribution is 8.06. The van der Waals surface area contributed by atoms with Gasteiger partial charge in [-0.05, 0) is 11.5 Å². The van der Waals surface area contributed by atoms with Crippen LogP contribution in [0.5, 0.6) is 0 Å². The second-order valence-corrected chi connectivity index (χ2v) is 4.82. The minimum atomic E-state index is 0.999. The van der Waals surface area contributed by atoms with Crippen molar-refractivity contribution in [3.8, 4) is 0 Å². The van der Waals surface area contributed by atoms with Gasteiger partial charge in [0, 0.05) is 34.7 Å². The molecule has 4 rings (SSSR count). The summed E-state index contributed by atoms with van der Waals surface area (Å²) in [5, 5.41) is 6.80. The molecule has 3 heterocycles. The molecule has 1 aromatic carbocycles. The van der Waals surface area contributed by atoms with E-state index in [1.165, 1.54) is 16.1 Å². The van der Waals surface area contributed by atoms with Crippen LogP contribution in [0.2, 0.25) is 0 Å². The van der Waals surface area contributed by atoms with Crippen LogP contribution in [-0.4, -0.2) is 14.5 Å². The Bertz CT molecular complexity index is 826. The zero-order valence-corrected chi connectivity index (χ0v) is 9.74. The number of nitrogens with one attached hydrogen (secondary N) is 1. The molecule has 17 heavy (non-hydrogen) atoms. The lowest BCUT2D eigenvalue weighted by atomic mass is 10.2. The highest BCUT2D eigenvalue weighted by Crippen LogP contribution is 2.18. The summed E-state index contributed by atoms with van der Waals surface area (Å²) in [5.41, 5.74) is 1.18. The Morgan fingerprint density at radius 3 is 3.18 bits per heavy atom. The van der Waals surface area contributed by atoms with Crippen LogP contribution in [0.3, 0.4) is 0 Å². The fraction of sp³-hybridized carbons (Fsp3) is 0. The second kappa shape index (κ2) is 3.28. The van der Waals surface area contributed by atoms with Crippen LogP contribution >= 0.6 is 11.8 Å². The van der Waals surface area contributed by atoms with Gasteiger partial charge in [0.25, 0.3) is 0 Å². The second-order valence-electron chi connectivity index (χ2n) is 3.98. The molecule has 0 unspecified atom stereocenters. The van der Waals surface area contributed by atoms with Crippen molar-refractivity contribution in [2.24, 2.45) is 0 Å². The summed E-state index contributed by atoms with van der Waals surface area (Å²) in [6.45, 7) is 0. The molecule has 0 bridgehead atoms. The Balaban J connectivity index is 2.18. The summed E-state index contributed by atoms with van der Waals surface area (Å²) in [7, 11) is 0. The average molecular weight is 239 g/mol. The molecule has 0 amide bonds. The molecule has 1 aliphatic heterocycles. The van der Waals surface area contributed by atoms with E-state index in [1.54, 1.807) is 11.8 Å². The summed E-state index contributed by atoms with van der Waals surface area (Å²) in [6.07, 6.45) is 5.88. The Morgan fingerprint density at radius 2 is 2.18 bits per heavy atom. The van der Waals surface area contributed by atoms with Crippen molar-refractivity contribution >= 4 is 34.3 Å². The summed E-state index contributed by atoms with van der Waals surface area (Å²) in [6, 6.07) is 8.36. The summed E-state index contributed by atoms with van der Waals surface area (Å²) < 4.78 is 2.04. The molecule has 3 aromatic rings. The van der Waals surface area contributed by atoms with Gasteiger partial charge in [0.15, 0.2) is 5.16 Å². The number of para-hydroxylation sites is 1. The predicted molar refractivity (Wildman–Crippen MR) is 70.0 cm³/mol. The number of rotatable bonds is 0. The van der Waals surface area contributed by atoms with Crippen LogP contribution in [-0.2, 0) is 0 Å². The lowest BCUT2D eigenvalue weighted by Crippen LogP contribution is -2.22. The molecule has 1 aliphatic rings. The first-order chi connectivity index (χ1) is 8.42. The molecule has 0 saturated carbocycles. The third-order valence-corrected chi connectivity index (χ3v) is 3.84. The van der Waals surface area contributed by atoms with Crippen molar-refractivity contribution in [1.82, 2.24) is 14.5 Å².